The summed E-state index contributed by atoms with van der Waals surface area (Å²) in [4.78, 5) is 12.3. The number of benzene rings is 1. The van der Waals surface area contributed by atoms with Crippen LogP contribution >= 0.6 is 12.4 Å². The molecule has 4 nitrogen and oxygen atoms in total. The summed E-state index contributed by atoms with van der Waals surface area (Å²) >= 11 is 0. The van der Waals surface area contributed by atoms with Crippen LogP contribution in [0.5, 0.6) is 0 Å². The number of ether oxygens (including phenoxy) is 1. The molecule has 1 aromatic carbocycles. The first-order valence-corrected chi connectivity index (χ1v) is 6.72. The molecule has 1 aliphatic rings. The van der Waals surface area contributed by atoms with Gasteiger partial charge in [0, 0.05) is 31.5 Å². The van der Waals surface area contributed by atoms with Gasteiger partial charge in [-0.1, -0.05) is 6.07 Å². The van der Waals surface area contributed by atoms with Gasteiger partial charge in [-0.25, -0.2) is 0 Å². The molecule has 1 amide bonds. The minimum absolute atomic E-state index is 0. The number of anilines is 1. The Hall–Kier alpha value is -1.26. The smallest absolute Gasteiger partial charge is 0.251 e. The standard InChI is InChI=1S/C15H22N2O2.ClH/c1-15(2,19-3)10-17-14(18)12-6-4-8-13-11(12)7-5-9-16-13;/h4,6,8,16H,5,7,9-10H2,1-3H3,(H,17,18);1H. The van der Waals surface area contributed by atoms with Gasteiger partial charge in [-0.05, 0) is 44.4 Å². The van der Waals surface area contributed by atoms with Gasteiger partial charge in [0.1, 0.15) is 0 Å². The molecule has 112 valence electrons. The number of carbonyl (C=O) groups excluding carboxylic acids is 1. The number of fused-ring (bicyclic) bond motifs is 1. The molecular weight excluding hydrogens is 276 g/mol. The monoisotopic (exact) mass is 298 g/mol. The molecule has 5 heteroatoms. The second kappa shape index (κ2) is 6.95. The lowest BCUT2D eigenvalue weighted by atomic mass is 9.97. The summed E-state index contributed by atoms with van der Waals surface area (Å²) < 4.78 is 5.31. The predicted molar refractivity (Wildman–Crippen MR) is 83.9 cm³/mol. The Balaban J connectivity index is 0.00000200. The maximum atomic E-state index is 12.3. The van der Waals surface area contributed by atoms with Crippen LogP contribution < -0.4 is 10.6 Å². The number of halogens is 1. The van der Waals surface area contributed by atoms with Gasteiger partial charge >= 0.3 is 0 Å². The molecule has 1 aromatic rings. The molecule has 20 heavy (non-hydrogen) atoms. The van der Waals surface area contributed by atoms with E-state index in [0.717, 1.165) is 36.2 Å². The highest BCUT2D eigenvalue weighted by atomic mass is 35.5. The van der Waals surface area contributed by atoms with Crippen molar-refractivity contribution in [1.29, 1.82) is 0 Å². The fourth-order valence-corrected chi connectivity index (χ4v) is 2.18. The van der Waals surface area contributed by atoms with Crippen molar-refractivity contribution in [2.45, 2.75) is 32.3 Å². The van der Waals surface area contributed by atoms with Crippen LogP contribution in [0.1, 0.15) is 36.2 Å². The average molecular weight is 299 g/mol. The van der Waals surface area contributed by atoms with Gasteiger partial charge in [-0.2, -0.15) is 0 Å². The first-order chi connectivity index (χ1) is 9.03. The summed E-state index contributed by atoms with van der Waals surface area (Å²) in [5.74, 6) is -0.0225. The Bertz CT molecular complexity index is 475. The van der Waals surface area contributed by atoms with Gasteiger partial charge in [0.05, 0.1) is 5.60 Å². The van der Waals surface area contributed by atoms with Crippen molar-refractivity contribution in [3.63, 3.8) is 0 Å². The summed E-state index contributed by atoms with van der Waals surface area (Å²) in [6, 6.07) is 5.85. The van der Waals surface area contributed by atoms with E-state index < -0.39 is 0 Å². The Morgan fingerprint density at radius 1 is 1.45 bits per heavy atom. The largest absolute Gasteiger partial charge is 0.385 e. The van der Waals surface area contributed by atoms with E-state index in [2.05, 4.69) is 10.6 Å². The molecule has 0 unspecified atom stereocenters. The molecule has 0 saturated carbocycles. The van der Waals surface area contributed by atoms with Gasteiger partial charge in [-0.15, -0.1) is 12.4 Å². The lowest BCUT2D eigenvalue weighted by Gasteiger charge is -2.24. The van der Waals surface area contributed by atoms with E-state index in [1.807, 2.05) is 32.0 Å². The van der Waals surface area contributed by atoms with Crippen LogP contribution in [-0.4, -0.2) is 31.7 Å². The fourth-order valence-electron chi connectivity index (χ4n) is 2.18. The van der Waals surface area contributed by atoms with E-state index in [-0.39, 0.29) is 23.9 Å². The average Bonchev–Trinajstić information content (AvgIpc) is 2.44. The van der Waals surface area contributed by atoms with E-state index >= 15 is 0 Å². The summed E-state index contributed by atoms with van der Waals surface area (Å²) in [6.45, 7) is 5.39. The molecule has 0 aromatic heterocycles. The number of hydrogen-bond donors (Lipinski definition) is 2. The molecule has 0 aliphatic carbocycles. The van der Waals surface area contributed by atoms with Gasteiger partial charge in [-0.3, -0.25) is 4.79 Å². The van der Waals surface area contributed by atoms with E-state index in [0.29, 0.717) is 6.54 Å². The molecule has 0 saturated heterocycles. The lowest BCUT2D eigenvalue weighted by molar-refractivity contribution is 0.0228. The molecule has 1 aliphatic heterocycles. The zero-order valence-electron chi connectivity index (χ0n) is 12.3. The van der Waals surface area contributed by atoms with Gasteiger partial charge < -0.3 is 15.4 Å². The van der Waals surface area contributed by atoms with Crippen LogP contribution in [0.15, 0.2) is 18.2 Å². The summed E-state index contributed by atoms with van der Waals surface area (Å²) in [5.41, 5.74) is 2.64. The number of rotatable bonds is 4. The summed E-state index contributed by atoms with van der Waals surface area (Å²) in [6.07, 6.45) is 2.03. The minimum atomic E-state index is -0.344. The molecule has 1 heterocycles. The van der Waals surface area contributed by atoms with Crippen LogP contribution in [0.4, 0.5) is 5.69 Å². The van der Waals surface area contributed by atoms with Crippen molar-refractivity contribution < 1.29 is 9.53 Å². The highest BCUT2D eigenvalue weighted by Crippen LogP contribution is 2.25. The van der Waals surface area contributed by atoms with Crippen molar-refractivity contribution in [3.8, 4) is 0 Å². The van der Waals surface area contributed by atoms with Gasteiger partial charge in [0.25, 0.3) is 5.91 Å². The van der Waals surface area contributed by atoms with Crippen molar-refractivity contribution in [1.82, 2.24) is 5.32 Å². The molecule has 0 bridgehead atoms. The predicted octanol–water partition coefficient (Wildman–Crippen LogP) is 2.62. The topological polar surface area (TPSA) is 50.4 Å². The molecule has 2 N–H and O–H groups in total. The maximum absolute atomic E-state index is 12.3. The maximum Gasteiger partial charge on any atom is 0.251 e. The molecule has 0 radical (unpaired) electrons. The number of carbonyl (C=O) groups is 1. The molecule has 0 spiro atoms. The minimum Gasteiger partial charge on any atom is -0.385 e. The van der Waals surface area contributed by atoms with Gasteiger partial charge in [0.2, 0.25) is 0 Å². The summed E-state index contributed by atoms with van der Waals surface area (Å²) in [7, 11) is 1.65. The molecule has 2 rings (SSSR count). The SMILES string of the molecule is COC(C)(C)CNC(=O)c1cccc2c1CCCN2.Cl. The third-order valence-corrected chi connectivity index (χ3v) is 3.57. The van der Waals surface area contributed by atoms with E-state index in [9.17, 15) is 4.79 Å². The zero-order valence-corrected chi connectivity index (χ0v) is 13.1. The Kier molecular flexibility index (Phi) is 5.84. The lowest BCUT2D eigenvalue weighted by Crippen LogP contribution is -2.40. The molecule has 0 fully saturated rings. The van der Waals surface area contributed by atoms with E-state index in [4.69, 9.17) is 4.74 Å². The molecule has 0 atom stereocenters. The number of methoxy groups -OCH3 is 1. The third-order valence-electron chi connectivity index (χ3n) is 3.57. The number of hydrogen-bond acceptors (Lipinski definition) is 3. The van der Waals surface area contributed by atoms with Crippen LogP contribution in [0, 0.1) is 0 Å². The van der Waals surface area contributed by atoms with Crippen molar-refractivity contribution in [2.24, 2.45) is 0 Å². The van der Waals surface area contributed by atoms with E-state index in [1.165, 1.54) is 0 Å². The second-order valence-electron chi connectivity index (χ2n) is 5.51. The number of amides is 1. The van der Waals surface area contributed by atoms with Gasteiger partial charge in [0.15, 0.2) is 0 Å². The fraction of sp³-hybridized carbons (Fsp3) is 0.533. The first kappa shape index (κ1) is 16.8. The Labute approximate surface area is 126 Å². The van der Waals surface area contributed by atoms with Crippen molar-refractivity contribution in [2.75, 3.05) is 25.5 Å². The van der Waals surface area contributed by atoms with Crippen LogP contribution in [0.2, 0.25) is 0 Å². The summed E-state index contributed by atoms with van der Waals surface area (Å²) in [5, 5.41) is 6.29. The molecular formula is C15H23ClN2O2. The third kappa shape index (κ3) is 3.87. The van der Waals surface area contributed by atoms with Crippen molar-refractivity contribution in [3.05, 3.63) is 29.3 Å². The normalized spacial score (nSPS) is 13.8. The van der Waals surface area contributed by atoms with E-state index in [1.54, 1.807) is 7.11 Å². The first-order valence-electron chi connectivity index (χ1n) is 6.72. The van der Waals surface area contributed by atoms with Crippen molar-refractivity contribution >= 4 is 24.0 Å². The quantitative estimate of drug-likeness (QED) is 0.898. The number of nitrogens with one attached hydrogen (secondary N) is 2. The van der Waals surface area contributed by atoms with Crippen LogP contribution in [0.3, 0.4) is 0 Å². The Morgan fingerprint density at radius 2 is 2.20 bits per heavy atom. The van der Waals surface area contributed by atoms with Crippen LogP contribution in [-0.2, 0) is 11.2 Å². The highest BCUT2D eigenvalue weighted by Gasteiger charge is 2.21. The highest BCUT2D eigenvalue weighted by molar-refractivity contribution is 5.97. The van der Waals surface area contributed by atoms with Crippen LogP contribution in [0.25, 0.3) is 0 Å². The zero-order chi connectivity index (χ0) is 13.9. The Morgan fingerprint density at radius 3 is 2.90 bits per heavy atom. The second-order valence-corrected chi connectivity index (χ2v) is 5.51.